The van der Waals surface area contributed by atoms with Gasteiger partial charge in [0, 0.05) is 27.2 Å². The molecule has 1 atom stereocenters. The minimum atomic E-state index is 0.0724. The quantitative estimate of drug-likeness (QED) is 0.605. The topological polar surface area (TPSA) is 76.4 Å². The smallest absolute Gasteiger partial charge is 0.191 e. The maximum absolute atomic E-state index is 5.52. The predicted octanol–water partition coefficient (Wildman–Crippen LogP) is 1.02. The highest BCUT2D eigenvalue weighted by Crippen LogP contribution is 2.20. The lowest BCUT2D eigenvalue weighted by atomic mass is 9.89. The summed E-state index contributed by atoms with van der Waals surface area (Å²) in [6.07, 6.45) is 1.84. The molecular weight excluding hydrogens is 268 g/mol. The molecule has 0 saturated carbocycles. The highest BCUT2D eigenvalue weighted by atomic mass is 16.5. The standard InChI is InChI=1S/C14H28N6O/c1-7-20-10-18-19-12(20)9-17-13(15-5)16-8-11(21-6)14(2,3)4/h10-11H,7-9H2,1-6H3,(H2,15,16,17). The number of nitrogens with zero attached hydrogens (tertiary/aromatic N) is 4. The highest BCUT2D eigenvalue weighted by Gasteiger charge is 2.24. The second-order valence-electron chi connectivity index (χ2n) is 5.93. The van der Waals surface area contributed by atoms with Gasteiger partial charge in [0.15, 0.2) is 11.8 Å². The zero-order valence-electron chi connectivity index (χ0n) is 14.0. The summed E-state index contributed by atoms with van der Waals surface area (Å²) in [5, 5.41) is 14.5. The van der Waals surface area contributed by atoms with Crippen LogP contribution in [-0.4, -0.2) is 47.5 Å². The number of nitrogens with one attached hydrogen (secondary N) is 2. The van der Waals surface area contributed by atoms with Gasteiger partial charge < -0.3 is 19.9 Å². The number of aliphatic imine (C=N–C) groups is 1. The molecule has 21 heavy (non-hydrogen) atoms. The van der Waals surface area contributed by atoms with Gasteiger partial charge in [0.2, 0.25) is 0 Å². The minimum absolute atomic E-state index is 0.0724. The summed E-state index contributed by atoms with van der Waals surface area (Å²) >= 11 is 0. The normalized spacial score (nSPS) is 14.1. The molecule has 1 rings (SSSR count). The van der Waals surface area contributed by atoms with Gasteiger partial charge >= 0.3 is 0 Å². The third kappa shape index (κ3) is 5.34. The van der Waals surface area contributed by atoms with Crippen molar-refractivity contribution in [3.05, 3.63) is 12.2 Å². The van der Waals surface area contributed by atoms with Crippen LogP contribution in [0.15, 0.2) is 11.3 Å². The van der Waals surface area contributed by atoms with Gasteiger partial charge in [-0.3, -0.25) is 4.99 Å². The number of aryl methyl sites for hydroxylation is 1. The van der Waals surface area contributed by atoms with E-state index in [9.17, 15) is 0 Å². The lowest BCUT2D eigenvalue weighted by Gasteiger charge is -2.30. The summed E-state index contributed by atoms with van der Waals surface area (Å²) in [6, 6.07) is 0. The van der Waals surface area contributed by atoms with Gasteiger partial charge in [-0.2, -0.15) is 0 Å². The molecule has 0 radical (unpaired) electrons. The van der Waals surface area contributed by atoms with Gasteiger partial charge in [0.05, 0.1) is 12.6 Å². The van der Waals surface area contributed by atoms with Crippen molar-refractivity contribution in [3.8, 4) is 0 Å². The van der Waals surface area contributed by atoms with Crippen LogP contribution in [0.4, 0.5) is 0 Å². The van der Waals surface area contributed by atoms with Crippen molar-refractivity contribution in [1.29, 1.82) is 0 Å². The van der Waals surface area contributed by atoms with Crippen molar-refractivity contribution in [3.63, 3.8) is 0 Å². The van der Waals surface area contributed by atoms with Gasteiger partial charge in [-0.1, -0.05) is 20.8 Å². The van der Waals surface area contributed by atoms with Crippen molar-refractivity contribution >= 4 is 5.96 Å². The molecule has 0 aliphatic rings. The van der Waals surface area contributed by atoms with E-state index >= 15 is 0 Å². The summed E-state index contributed by atoms with van der Waals surface area (Å²) in [5.74, 6) is 1.62. The van der Waals surface area contributed by atoms with E-state index in [-0.39, 0.29) is 11.5 Å². The van der Waals surface area contributed by atoms with E-state index in [0.717, 1.165) is 18.3 Å². The molecule has 0 aliphatic carbocycles. The Morgan fingerprint density at radius 3 is 2.67 bits per heavy atom. The Morgan fingerprint density at radius 1 is 1.43 bits per heavy atom. The van der Waals surface area contributed by atoms with Crippen molar-refractivity contribution < 1.29 is 4.74 Å². The highest BCUT2D eigenvalue weighted by molar-refractivity contribution is 5.79. The number of aromatic nitrogens is 3. The molecule has 2 N–H and O–H groups in total. The fourth-order valence-electron chi connectivity index (χ4n) is 2.00. The van der Waals surface area contributed by atoms with E-state index in [1.807, 2.05) is 4.57 Å². The van der Waals surface area contributed by atoms with Crippen molar-refractivity contribution in [1.82, 2.24) is 25.4 Å². The Morgan fingerprint density at radius 2 is 2.14 bits per heavy atom. The van der Waals surface area contributed by atoms with E-state index in [1.54, 1.807) is 20.5 Å². The average Bonchev–Trinajstić information content (AvgIpc) is 2.88. The third-order valence-corrected chi connectivity index (χ3v) is 3.38. The number of ether oxygens (including phenoxy) is 1. The van der Waals surface area contributed by atoms with Crippen LogP contribution < -0.4 is 10.6 Å². The second kappa shape index (κ2) is 7.97. The van der Waals surface area contributed by atoms with Crippen LogP contribution in [0, 0.1) is 5.41 Å². The molecule has 7 heteroatoms. The van der Waals surface area contributed by atoms with Gasteiger partial charge in [-0.05, 0) is 12.3 Å². The third-order valence-electron chi connectivity index (χ3n) is 3.38. The molecule has 0 aliphatic heterocycles. The summed E-state index contributed by atoms with van der Waals surface area (Å²) in [6.45, 7) is 10.7. The van der Waals surface area contributed by atoms with Crippen molar-refractivity contribution in [2.75, 3.05) is 20.7 Å². The van der Waals surface area contributed by atoms with Crippen LogP contribution >= 0.6 is 0 Å². The monoisotopic (exact) mass is 296 g/mol. The maximum atomic E-state index is 5.52. The molecule has 7 nitrogen and oxygen atoms in total. The van der Waals surface area contributed by atoms with Gasteiger partial charge in [-0.15, -0.1) is 10.2 Å². The zero-order chi connectivity index (χ0) is 15.9. The second-order valence-corrected chi connectivity index (χ2v) is 5.93. The van der Waals surface area contributed by atoms with Gasteiger partial charge in [0.25, 0.3) is 0 Å². The van der Waals surface area contributed by atoms with Crippen LogP contribution in [-0.2, 0) is 17.8 Å². The molecule has 1 unspecified atom stereocenters. The first kappa shape index (κ1) is 17.4. The first-order valence-corrected chi connectivity index (χ1v) is 7.26. The molecule has 0 saturated heterocycles. The first-order chi connectivity index (χ1) is 9.92. The Balaban J connectivity index is 2.49. The molecule has 0 amide bonds. The molecular formula is C14H28N6O. The SMILES string of the molecule is CCn1cnnc1CNC(=NC)NCC(OC)C(C)(C)C. The Labute approximate surface area is 127 Å². The van der Waals surface area contributed by atoms with E-state index in [0.29, 0.717) is 13.1 Å². The van der Waals surface area contributed by atoms with Gasteiger partial charge in [-0.25, -0.2) is 0 Å². The van der Waals surface area contributed by atoms with E-state index in [1.165, 1.54) is 0 Å². The minimum Gasteiger partial charge on any atom is -0.379 e. The van der Waals surface area contributed by atoms with Crippen molar-refractivity contribution in [2.24, 2.45) is 10.4 Å². The Hall–Kier alpha value is -1.63. The maximum Gasteiger partial charge on any atom is 0.191 e. The van der Waals surface area contributed by atoms with Crippen LogP contribution in [0.3, 0.4) is 0 Å². The number of methoxy groups -OCH3 is 1. The number of hydrogen-bond donors (Lipinski definition) is 2. The lowest BCUT2D eigenvalue weighted by Crippen LogP contribution is -2.45. The molecule has 0 spiro atoms. The summed E-state index contributed by atoms with van der Waals surface area (Å²) in [7, 11) is 3.48. The first-order valence-electron chi connectivity index (χ1n) is 7.26. The fourth-order valence-corrected chi connectivity index (χ4v) is 2.00. The molecule has 1 aromatic heterocycles. The predicted molar refractivity (Wildman–Crippen MR) is 84.1 cm³/mol. The average molecular weight is 296 g/mol. The summed E-state index contributed by atoms with van der Waals surface area (Å²) in [5.41, 5.74) is 0.0724. The number of hydrogen-bond acceptors (Lipinski definition) is 4. The van der Waals surface area contributed by atoms with Crippen molar-refractivity contribution in [2.45, 2.75) is 46.9 Å². The van der Waals surface area contributed by atoms with E-state index < -0.39 is 0 Å². The largest absolute Gasteiger partial charge is 0.379 e. The van der Waals surface area contributed by atoms with E-state index in [4.69, 9.17) is 4.74 Å². The van der Waals surface area contributed by atoms with E-state index in [2.05, 4.69) is 53.5 Å². The lowest BCUT2D eigenvalue weighted by molar-refractivity contribution is 0.0205. The van der Waals surface area contributed by atoms with Crippen LogP contribution in [0.1, 0.15) is 33.5 Å². The molecule has 1 heterocycles. The fraction of sp³-hybridized carbons (Fsp3) is 0.786. The van der Waals surface area contributed by atoms with Crippen LogP contribution in [0.25, 0.3) is 0 Å². The zero-order valence-corrected chi connectivity index (χ0v) is 14.0. The molecule has 0 bridgehead atoms. The number of rotatable bonds is 6. The summed E-state index contributed by atoms with van der Waals surface area (Å²) < 4.78 is 7.52. The summed E-state index contributed by atoms with van der Waals surface area (Å²) in [4.78, 5) is 4.21. The molecule has 0 aromatic carbocycles. The van der Waals surface area contributed by atoms with Crippen LogP contribution in [0.2, 0.25) is 0 Å². The molecule has 1 aromatic rings. The Bertz CT molecular complexity index is 449. The van der Waals surface area contributed by atoms with Gasteiger partial charge in [0.1, 0.15) is 6.33 Å². The molecule has 0 fully saturated rings. The Kier molecular flexibility index (Phi) is 6.61. The van der Waals surface area contributed by atoms with Crippen LogP contribution in [0.5, 0.6) is 0 Å². The number of guanidine groups is 1. The molecule has 120 valence electrons.